The van der Waals surface area contributed by atoms with Crippen molar-refractivity contribution in [1.29, 1.82) is 0 Å². The summed E-state index contributed by atoms with van der Waals surface area (Å²) in [5, 5.41) is 2.68. The number of nitrogens with one attached hydrogen (secondary N) is 1. The van der Waals surface area contributed by atoms with Gasteiger partial charge < -0.3 is 14.8 Å². The Bertz CT molecular complexity index is 759. The largest absolute Gasteiger partial charge is 0.493 e. The molecule has 2 aromatic rings. The Morgan fingerprint density at radius 2 is 1.72 bits per heavy atom. The van der Waals surface area contributed by atoms with Crippen LogP contribution < -0.4 is 14.8 Å². The minimum Gasteiger partial charge on any atom is -0.493 e. The number of carbonyl (C=O) groups excluding carboxylic acids is 1. The maximum Gasteiger partial charge on any atom is 0.416 e. The van der Waals surface area contributed by atoms with Gasteiger partial charge in [-0.2, -0.15) is 13.2 Å². The van der Waals surface area contributed by atoms with Gasteiger partial charge >= 0.3 is 6.18 Å². The summed E-state index contributed by atoms with van der Waals surface area (Å²) in [6.07, 6.45) is -4.49. The van der Waals surface area contributed by atoms with Gasteiger partial charge in [-0.3, -0.25) is 4.79 Å². The van der Waals surface area contributed by atoms with Crippen molar-refractivity contribution in [2.75, 3.05) is 14.2 Å². The maximum atomic E-state index is 12.8. The predicted octanol–water partition coefficient (Wildman–Crippen LogP) is 4.21. The first-order chi connectivity index (χ1) is 11.8. The van der Waals surface area contributed by atoms with Crippen LogP contribution in [0.3, 0.4) is 0 Å². The molecule has 0 saturated heterocycles. The Hall–Kier alpha value is -2.70. The van der Waals surface area contributed by atoms with Crippen LogP contribution >= 0.6 is 0 Å². The molecular weight excluding hydrogens is 335 g/mol. The summed E-state index contributed by atoms with van der Waals surface area (Å²) in [6, 6.07) is 9.02. The van der Waals surface area contributed by atoms with E-state index in [0.717, 1.165) is 17.7 Å². The Balaban J connectivity index is 2.18. The zero-order valence-electron chi connectivity index (χ0n) is 14.0. The van der Waals surface area contributed by atoms with Gasteiger partial charge in [-0.15, -0.1) is 0 Å². The van der Waals surface area contributed by atoms with Crippen LogP contribution in [0.25, 0.3) is 0 Å². The van der Waals surface area contributed by atoms with Crippen molar-refractivity contribution in [3.63, 3.8) is 0 Å². The van der Waals surface area contributed by atoms with Crippen LogP contribution in [0.2, 0.25) is 0 Å². The molecule has 1 atom stereocenters. The van der Waals surface area contributed by atoms with E-state index in [1.807, 2.05) is 0 Å². The minimum absolute atomic E-state index is 0.0536. The molecule has 2 aromatic carbocycles. The molecule has 1 N–H and O–H groups in total. The molecule has 0 fully saturated rings. The van der Waals surface area contributed by atoms with E-state index in [1.165, 1.54) is 26.4 Å². The quantitative estimate of drug-likeness (QED) is 0.876. The number of rotatable bonds is 5. The third-order valence-electron chi connectivity index (χ3n) is 3.71. The molecule has 0 radical (unpaired) electrons. The number of hydrogen-bond donors (Lipinski definition) is 1. The molecule has 134 valence electrons. The molecule has 0 aliphatic carbocycles. The van der Waals surface area contributed by atoms with Crippen molar-refractivity contribution < 1.29 is 27.4 Å². The van der Waals surface area contributed by atoms with E-state index in [-0.39, 0.29) is 5.56 Å². The zero-order valence-corrected chi connectivity index (χ0v) is 14.0. The lowest BCUT2D eigenvalue weighted by molar-refractivity contribution is -0.137. The highest BCUT2D eigenvalue weighted by molar-refractivity contribution is 5.94. The van der Waals surface area contributed by atoms with Gasteiger partial charge in [-0.05, 0) is 42.8 Å². The van der Waals surface area contributed by atoms with Crippen LogP contribution in [0.15, 0.2) is 42.5 Å². The molecule has 25 heavy (non-hydrogen) atoms. The number of amides is 1. The van der Waals surface area contributed by atoms with E-state index in [4.69, 9.17) is 9.47 Å². The Morgan fingerprint density at radius 3 is 2.32 bits per heavy atom. The van der Waals surface area contributed by atoms with Gasteiger partial charge in [0.2, 0.25) is 0 Å². The Morgan fingerprint density at radius 1 is 1.04 bits per heavy atom. The molecule has 0 bridgehead atoms. The van der Waals surface area contributed by atoms with E-state index < -0.39 is 23.7 Å². The SMILES string of the molecule is COc1ccc([C@H](C)NC(=O)c2cccc(C(F)(F)F)c2)cc1OC. The number of ether oxygens (including phenoxy) is 2. The summed E-state index contributed by atoms with van der Waals surface area (Å²) in [6.45, 7) is 1.73. The smallest absolute Gasteiger partial charge is 0.416 e. The first kappa shape index (κ1) is 18.6. The van der Waals surface area contributed by atoms with Crippen LogP contribution in [0, 0.1) is 0 Å². The number of carbonyl (C=O) groups is 1. The fourth-order valence-corrected chi connectivity index (χ4v) is 2.32. The van der Waals surface area contributed by atoms with Gasteiger partial charge in [0.1, 0.15) is 0 Å². The lowest BCUT2D eigenvalue weighted by Gasteiger charge is -2.17. The molecule has 0 saturated carbocycles. The molecule has 2 rings (SSSR count). The molecule has 0 aliphatic heterocycles. The molecule has 0 unspecified atom stereocenters. The molecule has 1 amide bonds. The van der Waals surface area contributed by atoms with E-state index in [2.05, 4.69) is 5.32 Å². The van der Waals surface area contributed by atoms with Crippen LogP contribution in [-0.4, -0.2) is 20.1 Å². The van der Waals surface area contributed by atoms with E-state index in [1.54, 1.807) is 25.1 Å². The van der Waals surface area contributed by atoms with Crippen molar-refractivity contribution >= 4 is 5.91 Å². The highest BCUT2D eigenvalue weighted by Crippen LogP contribution is 2.31. The van der Waals surface area contributed by atoms with Gasteiger partial charge in [0.15, 0.2) is 11.5 Å². The highest BCUT2D eigenvalue weighted by atomic mass is 19.4. The number of hydrogen-bond acceptors (Lipinski definition) is 3. The van der Waals surface area contributed by atoms with Crippen molar-refractivity contribution in [1.82, 2.24) is 5.32 Å². The normalized spacial score (nSPS) is 12.4. The summed E-state index contributed by atoms with van der Waals surface area (Å²) in [5.74, 6) is 0.455. The van der Waals surface area contributed by atoms with Crippen LogP contribution in [0.4, 0.5) is 13.2 Å². The minimum atomic E-state index is -4.49. The molecule has 0 spiro atoms. The first-order valence-corrected chi connectivity index (χ1v) is 7.46. The highest BCUT2D eigenvalue weighted by Gasteiger charge is 2.31. The van der Waals surface area contributed by atoms with Crippen molar-refractivity contribution in [3.8, 4) is 11.5 Å². The van der Waals surface area contributed by atoms with Gasteiger partial charge in [0.25, 0.3) is 5.91 Å². The van der Waals surface area contributed by atoms with Gasteiger partial charge in [0, 0.05) is 5.56 Å². The Labute approximate surface area is 143 Å². The van der Waals surface area contributed by atoms with E-state index in [0.29, 0.717) is 11.5 Å². The van der Waals surface area contributed by atoms with Crippen molar-refractivity contribution in [2.45, 2.75) is 19.1 Å². The molecule has 0 aliphatic rings. The van der Waals surface area contributed by atoms with Crippen LogP contribution in [-0.2, 0) is 6.18 Å². The number of benzene rings is 2. The molecule has 0 aromatic heterocycles. The number of alkyl halides is 3. The van der Waals surface area contributed by atoms with Crippen molar-refractivity contribution in [2.24, 2.45) is 0 Å². The number of halogens is 3. The third-order valence-corrected chi connectivity index (χ3v) is 3.71. The molecule has 4 nitrogen and oxygen atoms in total. The monoisotopic (exact) mass is 353 g/mol. The second-order valence-electron chi connectivity index (χ2n) is 5.39. The zero-order chi connectivity index (χ0) is 18.6. The second kappa shape index (κ2) is 7.46. The average Bonchev–Trinajstić information content (AvgIpc) is 2.60. The van der Waals surface area contributed by atoms with Crippen LogP contribution in [0.5, 0.6) is 11.5 Å². The molecule has 0 heterocycles. The second-order valence-corrected chi connectivity index (χ2v) is 5.39. The van der Waals surface area contributed by atoms with Gasteiger partial charge in [-0.1, -0.05) is 12.1 Å². The van der Waals surface area contributed by atoms with Crippen molar-refractivity contribution in [3.05, 3.63) is 59.2 Å². The first-order valence-electron chi connectivity index (χ1n) is 7.46. The van der Waals surface area contributed by atoms with Gasteiger partial charge in [-0.25, -0.2) is 0 Å². The number of methoxy groups -OCH3 is 2. The molecule has 7 heteroatoms. The lowest BCUT2D eigenvalue weighted by Crippen LogP contribution is -2.27. The fourth-order valence-electron chi connectivity index (χ4n) is 2.32. The lowest BCUT2D eigenvalue weighted by atomic mass is 10.1. The van der Waals surface area contributed by atoms with Crippen LogP contribution in [0.1, 0.15) is 34.5 Å². The Kier molecular flexibility index (Phi) is 5.56. The summed E-state index contributed by atoms with van der Waals surface area (Å²) in [5.41, 5.74) is -0.181. The fraction of sp³-hybridized carbons (Fsp3) is 0.278. The van der Waals surface area contributed by atoms with E-state index in [9.17, 15) is 18.0 Å². The maximum absolute atomic E-state index is 12.8. The van der Waals surface area contributed by atoms with E-state index >= 15 is 0 Å². The average molecular weight is 353 g/mol. The summed E-state index contributed by atoms with van der Waals surface area (Å²) in [4.78, 5) is 12.3. The topological polar surface area (TPSA) is 47.6 Å². The summed E-state index contributed by atoms with van der Waals surface area (Å²) < 4.78 is 48.6. The third kappa shape index (κ3) is 4.43. The summed E-state index contributed by atoms with van der Waals surface area (Å²) >= 11 is 0. The molecular formula is C18H18F3NO3. The summed E-state index contributed by atoms with van der Waals surface area (Å²) in [7, 11) is 3.00. The standard InChI is InChI=1S/C18H18F3NO3/c1-11(12-7-8-15(24-2)16(10-12)25-3)22-17(23)13-5-4-6-14(9-13)18(19,20)21/h4-11H,1-3H3,(H,22,23)/t11-/m0/s1. The predicted molar refractivity (Wildman–Crippen MR) is 86.9 cm³/mol. The van der Waals surface area contributed by atoms with Gasteiger partial charge in [0.05, 0.1) is 25.8 Å².